The highest BCUT2D eigenvalue weighted by Crippen LogP contribution is 2.20. The number of carbonyl (C=O) groups is 1. The van der Waals surface area contributed by atoms with Crippen LogP contribution in [0.15, 0.2) is 65.2 Å². The maximum absolute atomic E-state index is 12.9. The molecule has 2 aromatic carbocycles. The molecule has 0 fully saturated rings. The highest BCUT2D eigenvalue weighted by molar-refractivity contribution is 5.93. The zero-order valence-electron chi connectivity index (χ0n) is 14.6. The largest absolute Gasteiger partial charge is 0.361 e. The lowest BCUT2D eigenvalue weighted by Crippen LogP contribution is -2.30. The highest BCUT2D eigenvalue weighted by atomic mass is 16.5. The molecule has 25 heavy (non-hydrogen) atoms. The fraction of sp³-hybridized carbons (Fsp3) is 0.238. The second-order valence-corrected chi connectivity index (χ2v) is 6.10. The van der Waals surface area contributed by atoms with Crippen molar-refractivity contribution in [2.45, 2.75) is 33.2 Å². The first-order chi connectivity index (χ1) is 12.1. The standard InChI is InChI=1S/C21H22N2O2/c1-16-20(17(2)25-22-16)13-14-21(24)23(19-11-7-4-8-12-19)15-18-9-5-3-6-10-18/h3-12H,13-15H2,1-2H3. The van der Waals surface area contributed by atoms with Gasteiger partial charge in [-0.1, -0.05) is 53.7 Å². The Morgan fingerprint density at radius 1 is 1.00 bits per heavy atom. The summed E-state index contributed by atoms with van der Waals surface area (Å²) >= 11 is 0. The molecule has 0 saturated carbocycles. The Morgan fingerprint density at radius 2 is 1.64 bits per heavy atom. The van der Waals surface area contributed by atoms with E-state index in [4.69, 9.17) is 4.52 Å². The third-order valence-corrected chi connectivity index (χ3v) is 4.32. The molecular formula is C21H22N2O2. The molecule has 0 bridgehead atoms. The van der Waals surface area contributed by atoms with Crippen LogP contribution in [0.2, 0.25) is 0 Å². The summed E-state index contributed by atoms with van der Waals surface area (Å²) < 4.78 is 5.19. The number of nitrogens with zero attached hydrogens (tertiary/aromatic N) is 2. The lowest BCUT2D eigenvalue weighted by molar-refractivity contribution is -0.118. The Labute approximate surface area is 148 Å². The maximum Gasteiger partial charge on any atom is 0.227 e. The number of hydrogen-bond donors (Lipinski definition) is 0. The van der Waals surface area contributed by atoms with Gasteiger partial charge in [0.1, 0.15) is 5.76 Å². The van der Waals surface area contributed by atoms with Gasteiger partial charge in [-0.25, -0.2) is 0 Å². The number of aromatic nitrogens is 1. The summed E-state index contributed by atoms with van der Waals surface area (Å²) in [4.78, 5) is 14.8. The molecule has 0 N–H and O–H groups in total. The third kappa shape index (κ3) is 4.15. The normalized spacial score (nSPS) is 10.6. The molecule has 1 amide bonds. The number of anilines is 1. The van der Waals surface area contributed by atoms with Crippen molar-refractivity contribution >= 4 is 11.6 Å². The zero-order valence-corrected chi connectivity index (χ0v) is 14.6. The van der Waals surface area contributed by atoms with Crippen molar-refractivity contribution in [2.24, 2.45) is 0 Å². The minimum Gasteiger partial charge on any atom is -0.361 e. The van der Waals surface area contributed by atoms with E-state index in [9.17, 15) is 4.79 Å². The molecular weight excluding hydrogens is 312 g/mol. The van der Waals surface area contributed by atoms with Crippen molar-refractivity contribution in [3.8, 4) is 0 Å². The molecule has 0 aliphatic rings. The summed E-state index contributed by atoms with van der Waals surface area (Å²) in [6.45, 7) is 4.36. The van der Waals surface area contributed by atoms with E-state index in [0.717, 1.165) is 28.3 Å². The Balaban J connectivity index is 1.77. The van der Waals surface area contributed by atoms with Gasteiger partial charge in [-0.3, -0.25) is 4.79 Å². The van der Waals surface area contributed by atoms with Crippen LogP contribution in [-0.4, -0.2) is 11.1 Å². The van der Waals surface area contributed by atoms with Crippen molar-refractivity contribution in [3.63, 3.8) is 0 Å². The monoisotopic (exact) mass is 334 g/mol. The molecule has 0 aliphatic heterocycles. The van der Waals surface area contributed by atoms with Crippen molar-refractivity contribution in [3.05, 3.63) is 83.2 Å². The van der Waals surface area contributed by atoms with Crippen molar-refractivity contribution in [1.29, 1.82) is 0 Å². The highest BCUT2D eigenvalue weighted by Gasteiger charge is 2.18. The van der Waals surface area contributed by atoms with Gasteiger partial charge in [-0.05, 0) is 38.0 Å². The second-order valence-electron chi connectivity index (χ2n) is 6.10. The van der Waals surface area contributed by atoms with E-state index in [1.165, 1.54) is 0 Å². The molecule has 0 unspecified atom stereocenters. The number of amides is 1. The fourth-order valence-corrected chi connectivity index (χ4v) is 2.92. The Morgan fingerprint density at radius 3 is 2.24 bits per heavy atom. The summed E-state index contributed by atoms with van der Waals surface area (Å²) in [7, 11) is 0. The number of aryl methyl sites for hydroxylation is 2. The fourth-order valence-electron chi connectivity index (χ4n) is 2.92. The van der Waals surface area contributed by atoms with Crippen molar-refractivity contribution in [2.75, 3.05) is 4.90 Å². The van der Waals surface area contributed by atoms with Crippen LogP contribution in [0.3, 0.4) is 0 Å². The van der Waals surface area contributed by atoms with Gasteiger partial charge in [-0.2, -0.15) is 0 Å². The van der Waals surface area contributed by atoms with Crippen LogP contribution < -0.4 is 4.90 Å². The van der Waals surface area contributed by atoms with Gasteiger partial charge in [0, 0.05) is 17.7 Å². The summed E-state index contributed by atoms with van der Waals surface area (Å²) in [5, 5.41) is 3.96. The molecule has 0 radical (unpaired) electrons. The summed E-state index contributed by atoms with van der Waals surface area (Å²) in [5.41, 5.74) is 3.91. The van der Waals surface area contributed by atoms with E-state index < -0.39 is 0 Å². The van der Waals surface area contributed by atoms with Crippen LogP contribution >= 0.6 is 0 Å². The van der Waals surface area contributed by atoms with Crippen LogP contribution in [0.1, 0.15) is 29.0 Å². The van der Waals surface area contributed by atoms with Gasteiger partial charge < -0.3 is 9.42 Å². The molecule has 3 aromatic rings. The van der Waals surface area contributed by atoms with E-state index in [2.05, 4.69) is 5.16 Å². The lowest BCUT2D eigenvalue weighted by atomic mass is 10.1. The van der Waals surface area contributed by atoms with Crippen LogP contribution in [0.4, 0.5) is 5.69 Å². The zero-order chi connectivity index (χ0) is 17.6. The van der Waals surface area contributed by atoms with Crippen molar-refractivity contribution < 1.29 is 9.32 Å². The number of carbonyl (C=O) groups excluding carboxylic acids is 1. The van der Waals surface area contributed by atoms with Gasteiger partial charge >= 0.3 is 0 Å². The number of rotatable bonds is 6. The molecule has 4 nitrogen and oxygen atoms in total. The lowest BCUT2D eigenvalue weighted by Gasteiger charge is -2.23. The number of benzene rings is 2. The minimum atomic E-state index is 0.0926. The first-order valence-electron chi connectivity index (χ1n) is 8.46. The molecule has 0 spiro atoms. The predicted molar refractivity (Wildman–Crippen MR) is 98.4 cm³/mol. The molecule has 0 atom stereocenters. The van der Waals surface area contributed by atoms with Crippen LogP contribution in [0.5, 0.6) is 0 Å². The van der Waals surface area contributed by atoms with E-state index in [1.807, 2.05) is 79.4 Å². The quantitative estimate of drug-likeness (QED) is 0.669. The van der Waals surface area contributed by atoms with Gasteiger partial charge in [0.05, 0.1) is 12.2 Å². The van der Waals surface area contributed by atoms with E-state index >= 15 is 0 Å². The Kier molecular flexibility index (Phi) is 5.29. The molecule has 3 rings (SSSR count). The molecule has 0 saturated heterocycles. The summed E-state index contributed by atoms with van der Waals surface area (Å²) in [5.74, 6) is 0.884. The van der Waals surface area contributed by atoms with Crippen molar-refractivity contribution in [1.82, 2.24) is 5.16 Å². The first-order valence-corrected chi connectivity index (χ1v) is 8.46. The Bertz CT molecular complexity index is 806. The SMILES string of the molecule is Cc1noc(C)c1CCC(=O)N(Cc1ccccc1)c1ccccc1. The molecule has 0 aliphatic carbocycles. The van der Waals surface area contributed by atoms with E-state index in [-0.39, 0.29) is 5.91 Å². The second kappa shape index (κ2) is 7.79. The smallest absolute Gasteiger partial charge is 0.227 e. The maximum atomic E-state index is 12.9. The predicted octanol–water partition coefficient (Wildman–Crippen LogP) is 4.46. The van der Waals surface area contributed by atoms with Crippen LogP contribution in [0, 0.1) is 13.8 Å². The number of hydrogen-bond acceptors (Lipinski definition) is 3. The number of para-hydroxylation sites is 1. The van der Waals surface area contributed by atoms with Crippen LogP contribution in [0.25, 0.3) is 0 Å². The van der Waals surface area contributed by atoms with E-state index in [1.54, 1.807) is 0 Å². The first kappa shape index (κ1) is 17.0. The average Bonchev–Trinajstić information content (AvgIpc) is 2.97. The third-order valence-electron chi connectivity index (χ3n) is 4.32. The summed E-state index contributed by atoms with van der Waals surface area (Å²) in [6.07, 6.45) is 1.06. The van der Waals surface area contributed by atoms with E-state index in [0.29, 0.717) is 19.4 Å². The molecule has 128 valence electrons. The van der Waals surface area contributed by atoms with Gasteiger partial charge in [0.2, 0.25) is 5.91 Å². The van der Waals surface area contributed by atoms with Gasteiger partial charge in [0.25, 0.3) is 0 Å². The van der Waals surface area contributed by atoms with Crippen LogP contribution in [-0.2, 0) is 17.8 Å². The molecule has 4 heteroatoms. The van der Waals surface area contributed by atoms with Gasteiger partial charge in [0.15, 0.2) is 0 Å². The Hall–Kier alpha value is -2.88. The molecule has 1 heterocycles. The average molecular weight is 334 g/mol. The topological polar surface area (TPSA) is 46.3 Å². The minimum absolute atomic E-state index is 0.0926. The summed E-state index contributed by atoms with van der Waals surface area (Å²) in [6, 6.07) is 19.8. The molecule has 1 aromatic heterocycles. The van der Waals surface area contributed by atoms with Gasteiger partial charge in [-0.15, -0.1) is 0 Å².